The maximum Gasteiger partial charge on any atom is 0.328 e. The second-order valence-corrected chi connectivity index (χ2v) is 6.78. The smallest absolute Gasteiger partial charge is 0.328 e. The first-order valence-corrected chi connectivity index (χ1v) is 9.75. The van der Waals surface area contributed by atoms with Gasteiger partial charge in [0.05, 0.1) is 25.3 Å². The zero-order chi connectivity index (χ0) is 21.8. The van der Waals surface area contributed by atoms with Crippen molar-refractivity contribution in [3.63, 3.8) is 0 Å². The first kappa shape index (κ1) is 20.2. The summed E-state index contributed by atoms with van der Waals surface area (Å²) in [7, 11) is 1.49. The number of fused-ring (bicyclic) bond motifs is 1. The molecule has 0 spiro atoms. The van der Waals surface area contributed by atoms with Gasteiger partial charge in [0.2, 0.25) is 5.89 Å². The van der Waals surface area contributed by atoms with Crippen molar-refractivity contribution < 1.29 is 18.6 Å². The largest absolute Gasteiger partial charge is 0.493 e. The average Bonchev–Trinajstić information content (AvgIpc) is 3.22. The van der Waals surface area contributed by atoms with E-state index in [0.717, 1.165) is 17.5 Å². The van der Waals surface area contributed by atoms with Gasteiger partial charge in [-0.2, -0.15) is 15.2 Å². The third kappa shape index (κ3) is 4.26. The van der Waals surface area contributed by atoms with Crippen LogP contribution < -0.4 is 14.2 Å². The predicted molar refractivity (Wildman–Crippen MR) is 113 cm³/mol. The second-order valence-electron chi connectivity index (χ2n) is 6.78. The molecule has 0 bridgehead atoms. The van der Waals surface area contributed by atoms with Gasteiger partial charge in [-0.25, -0.2) is 4.98 Å². The van der Waals surface area contributed by atoms with E-state index in [9.17, 15) is 0 Å². The monoisotopic (exact) mass is 416 g/mol. The maximum atomic E-state index is 9.08. The van der Waals surface area contributed by atoms with Crippen LogP contribution in [0.3, 0.4) is 0 Å². The van der Waals surface area contributed by atoms with Crippen LogP contribution >= 0.6 is 0 Å². The van der Waals surface area contributed by atoms with E-state index in [4.69, 9.17) is 23.9 Å². The molecule has 2 aromatic carbocycles. The van der Waals surface area contributed by atoms with Gasteiger partial charge < -0.3 is 18.6 Å². The third-order valence-corrected chi connectivity index (χ3v) is 4.41. The fourth-order valence-electron chi connectivity index (χ4n) is 2.95. The van der Waals surface area contributed by atoms with Gasteiger partial charge in [-0.1, -0.05) is 24.6 Å². The predicted octanol–water partition coefficient (Wildman–Crippen LogP) is 5.05. The molecule has 0 fully saturated rings. The topological polar surface area (TPSA) is 103 Å². The van der Waals surface area contributed by atoms with Crippen LogP contribution in [0.5, 0.6) is 23.4 Å². The third-order valence-electron chi connectivity index (χ3n) is 4.41. The summed E-state index contributed by atoms with van der Waals surface area (Å²) in [5, 5.41) is 9.08. The highest BCUT2D eigenvalue weighted by molar-refractivity contribution is 5.78. The number of methoxy groups -OCH3 is 1. The fraction of sp³-hybridized carbons (Fsp3) is 0.217. The van der Waals surface area contributed by atoms with Crippen LogP contribution in [0.15, 0.2) is 46.9 Å². The normalized spacial score (nSPS) is 10.6. The molecule has 0 radical (unpaired) electrons. The minimum atomic E-state index is 0.0218. The second kappa shape index (κ2) is 8.71. The van der Waals surface area contributed by atoms with Gasteiger partial charge in [0.1, 0.15) is 0 Å². The van der Waals surface area contributed by atoms with Gasteiger partial charge in [0.25, 0.3) is 11.6 Å². The van der Waals surface area contributed by atoms with Crippen LogP contribution in [-0.2, 0) is 0 Å². The number of aryl methyl sites for hydroxylation is 1. The maximum absolute atomic E-state index is 9.08. The Bertz CT molecular complexity index is 1280. The van der Waals surface area contributed by atoms with Crippen molar-refractivity contribution in [1.29, 1.82) is 5.26 Å². The molecule has 4 aromatic rings. The Morgan fingerprint density at radius 3 is 2.68 bits per heavy atom. The van der Waals surface area contributed by atoms with E-state index in [-0.39, 0.29) is 17.6 Å². The summed E-state index contributed by atoms with van der Waals surface area (Å²) < 4.78 is 22.8. The Morgan fingerprint density at radius 1 is 1.06 bits per heavy atom. The van der Waals surface area contributed by atoms with Gasteiger partial charge in [-0.3, -0.25) is 0 Å². The minimum absolute atomic E-state index is 0.0218. The number of nitriles is 1. The fourth-order valence-corrected chi connectivity index (χ4v) is 2.95. The number of benzene rings is 2. The molecule has 0 aliphatic heterocycles. The van der Waals surface area contributed by atoms with E-state index in [1.165, 1.54) is 7.11 Å². The average molecular weight is 416 g/mol. The molecule has 0 saturated heterocycles. The quantitative estimate of drug-likeness (QED) is 0.412. The highest BCUT2D eigenvalue weighted by Crippen LogP contribution is 2.34. The Balaban J connectivity index is 1.77. The Labute approximate surface area is 179 Å². The molecule has 0 unspecified atom stereocenters. The van der Waals surface area contributed by atoms with Crippen molar-refractivity contribution in [1.82, 2.24) is 15.0 Å². The molecule has 2 aromatic heterocycles. The molecule has 2 heterocycles. The van der Waals surface area contributed by atoms with Crippen molar-refractivity contribution in [2.24, 2.45) is 0 Å². The molecule has 0 atom stereocenters. The van der Waals surface area contributed by atoms with E-state index in [1.54, 1.807) is 18.2 Å². The van der Waals surface area contributed by atoms with Crippen LogP contribution in [-0.4, -0.2) is 28.7 Å². The van der Waals surface area contributed by atoms with Crippen LogP contribution in [0.1, 0.15) is 24.5 Å². The van der Waals surface area contributed by atoms with Gasteiger partial charge in [-0.15, -0.1) is 0 Å². The summed E-state index contributed by atoms with van der Waals surface area (Å²) >= 11 is 0. The summed E-state index contributed by atoms with van der Waals surface area (Å²) in [5.74, 6) is 1.44. The van der Waals surface area contributed by atoms with Gasteiger partial charge >= 0.3 is 6.01 Å². The SMILES string of the molecule is CCCOc1nc(Oc2ccc(C#N)cc2OC)nc2oc(-c3cccc(C)c3)nc12. The van der Waals surface area contributed by atoms with Gasteiger partial charge in [0, 0.05) is 11.6 Å². The van der Waals surface area contributed by atoms with Gasteiger partial charge in [0.15, 0.2) is 17.0 Å². The zero-order valence-electron chi connectivity index (χ0n) is 17.4. The molecule has 0 amide bonds. The lowest BCUT2D eigenvalue weighted by Gasteiger charge is -2.10. The van der Waals surface area contributed by atoms with Crippen LogP contribution in [0.2, 0.25) is 0 Å². The van der Waals surface area contributed by atoms with E-state index in [0.29, 0.717) is 35.1 Å². The number of hydrogen-bond acceptors (Lipinski definition) is 8. The number of rotatable bonds is 7. The molecule has 0 saturated carbocycles. The highest BCUT2D eigenvalue weighted by atomic mass is 16.5. The summed E-state index contributed by atoms with van der Waals surface area (Å²) in [4.78, 5) is 13.3. The van der Waals surface area contributed by atoms with Crippen molar-refractivity contribution in [3.8, 4) is 40.9 Å². The zero-order valence-corrected chi connectivity index (χ0v) is 17.4. The first-order chi connectivity index (χ1) is 15.1. The number of aromatic nitrogens is 3. The Kier molecular flexibility index (Phi) is 5.67. The highest BCUT2D eigenvalue weighted by Gasteiger charge is 2.19. The number of oxazole rings is 1. The lowest BCUT2D eigenvalue weighted by Crippen LogP contribution is -2.01. The molecule has 0 aliphatic carbocycles. The van der Waals surface area contributed by atoms with Crippen molar-refractivity contribution >= 4 is 11.2 Å². The summed E-state index contributed by atoms with van der Waals surface area (Å²) in [5.41, 5.74) is 3.04. The van der Waals surface area contributed by atoms with E-state index < -0.39 is 0 Å². The standard InChI is InChI=1S/C23H20N4O4/c1-4-10-29-21-19-22(31-20(25-19)16-7-5-6-14(2)11-16)27-23(26-21)30-17-9-8-15(13-24)12-18(17)28-3/h5-9,11-12H,4,10H2,1-3H3. The molecular formula is C23H20N4O4. The van der Waals surface area contributed by atoms with E-state index >= 15 is 0 Å². The van der Waals surface area contributed by atoms with Crippen molar-refractivity contribution in [2.75, 3.05) is 13.7 Å². The lowest BCUT2D eigenvalue weighted by molar-refractivity contribution is 0.301. The van der Waals surface area contributed by atoms with Crippen LogP contribution in [0.25, 0.3) is 22.7 Å². The summed E-state index contributed by atoms with van der Waals surface area (Å²) in [6.07, 6.45) is 0.799. The molecule has 0 N–H and O–H groups in total. The molecule has 8 nitrogen and oxygen atoms in total. The molecule has 8 heteroatoms. The molecule has 0 aliphatic rings. The number of nitrogens with zero attached hydrogens (tertiary/aromatic N) is 4. The number of ether oxygens (including phenoxy) is 3. The van der Waals surface area contributed by atoms with Crippen LogP contribution in [0.4, 0.5) is 0 Å². The number of hydrogen-bond donors (Lipinski definition) is 0. The molecule has 4 rings (SSSR count). The van der Waals surface area contributed by atoms with Crippen molar-refractivity contribution in [3.05, 3.63) is 53.6 Å². The summed E-state index contributed by atoms with van der Waals surface area (Å²) in [6.45, 7) is 4.45. The van der Waals surface area contributed by atoms with Crippen LogP contribution in [0, 0.1) is 18.3 Å². The minimum Gasteiger partial charge on any atom is -0.493 e. The Hall–Kier alpha value is -4.12. The molecule has 31 heavy (non-hydrogen) atoms. The summed E-state index contributed by atoms with van der Waals surface area (Å²) in [6, 6.07) is 14.7. The lowest BCUT2D eigenvalue weighted by atomic mass is 10.1. The Morgan fingerprint density at radius 2 is 1.94 bits per heavy atom. The van der Waals surface area contributed by atoms with Crippen molar-refractivity contribution in [2.45, 2.75) is 20.3 Å². The molecular weight excluding hydrogens is 396 g/mol. The first-order valence-electron chi connectivity index (χ1n) is 9.75. The molecule has 156 valence electrons. The van der Waals surface area contributed by atoms with Gasteiger partial charge in [-0.05, 0) is 37.6 Å². The van der Waals surface area contributed by atoms with E-state index in [1.807, 2.05) is 38.1 Å². The van der Waals surface area contributed by atoms with E-state index in [2.05, 4.69) is 21.0 Å².